The van der Waals surface area contributed by atoms with E-state index in [0.29, 0.717) is 41.9 Å². The second-order valence-electron chi connectivity index (χ2n) is 7.20. The standard InChI is InChI=1S/C19H20F3N3O2/c1-10-6-12(19(20,21)22)8-16(26)17(10)14-3-2-13(24-25-14)9-23-15-7-11-4-5-27-18(11)15/h2-3,6,8,11,15,18,23,26H,4-5,7,9H2,1H3. The van der Waals surface area contributed by atoms with E-state index in [4.69, 9.17) is 4.74 Å². The number of nitrogens with zero attached hydrogens (tertiary/aromatic N) is 2. The summed E-state index contributed by atoms with van der Waals surface area (Å²) in [5.41, 5.74) is 0.732. The minimum absolute atomic E-state index is 0.260. The molecule has 144 valence electrons. The van der Waals surface area contributed by atoms with Crippen LogP contribution in [0, 0.1) is 12.8 Å². The average molecular weight is 379 g/mol. The Morgan fingerprint density at radius 1 is 1.26 bits per heavy atom. The predicted molar refractivity (Wildman–Crippen MR) is 92.0 cm³/mol. The van der Waals surface area contributed by atoms with Gasteiger partial charge in [-0.25, -0.2) is 0 Å². The van der Waals surface area contributed by atoms with Crippen LogP contribution in [0.2, 0.25) is 0 Å². The lowest BCUT2D eigenvalue weighted by Crippen LogP contribution is -2.52. The quantitative estimate of drug-likeness (QED) is 0.852. The van der Waals surface area contributed by atoms with Crippen LogP contribution >= 0.6 is 0 Å². The van der Waals surface area contributed by atoms with Gasteiger partial charge < -0.3 is 15.2 Å². The molecule has 27 heavy (non-hydrogen) atoms. The first-order valence-corrected chi connectivity index (χ1v) is 8.91. The van der Waals surface area contributed by atoms with Crippen LogP contribution in [-0.2, 0) is 17.5 Å². The van der Waals surface area contributed by atoms with E-state index < -0.39 is 17.5 Å². The highest BCUT2D eigenvalue weighted by atomic mass is 19.4. The third-order valence-corrected chi connectivity index (χ3v) is 5.38. The van der Waals surface area contributed by atoms with Gasteiger partial charge in [0.25, 0.3) is 0 Å². The van der Waals surface area contributed by atoms with Gasteiger partial charge in [0, 0.05) is 24.8 Å². The molecular formula is C19H20F3N3O2. The Kier molecular flexibility index (Phi) is 4.55. The number of nitrogens with one attached hydrogen (secondary N) is 1. The lowest BCUT2D eigenvalue weighted by atomic mass is 9.77. The molecule has 0 bridgehead atoms. The Labute approximate surface area is 154 Å². The lowest BCUT2D eigenvalue weighted by Gasteiger charge is -2.39. The van der Waals surface area contributed by atoms with E-state index in [2.05, 4.69) is 15.5 Å². The fourth-order valence-electron chi connectivity index (χ4n) is 3.91. The van der Waals surface area contributed by atoms with Gasteiger partial charge >= 0.3 is 6.18 Å². The average Bonchev–Trinajstić information content (AvgIpc) is 2.96. The Hall–Kier alpha value is -2.19. The summed E-state index contributed by atoms with van der Waals surface area (Å²) in [5, 5.41) is 21.7. The first-order chi connectivity index (χ1) is 12.8. The SMILES string of the molecule is Cc1cc(C(F)(F)F)cc(O)c1-c1ccc(CNC2CC3CCOC32)nn1. The zero-order chi connectivity index (χ0) is 19.2. The van der Waals surface area contributed by atoms with E-state index in [-0.39, 0.29) is 5.56 Å². The summed E-state index contributed by atoms with van der Waals surface area (Å²) >= 11 is 0. The predicted octanol–water partition coefficient (Wildman–Crippen LogP) is 3.44. The van der Waals surface area contributed by atoms with Crippen LogP contribution in [0.5, 0.6) is 5.75 Å². The molecule has 0 spiro atoms. The van der Waals surface area contributed by atoms with Crippen LogP contribution in [-0.4, -0.2) is 34.1 Å². The van der Waals surface area contributed by atoms with Gasteiger partial charge in [0.15, 0.2) is 0 Å². The number of fused-ring (bicyclic) bond motifs is 1. The highest BCUT2D eigenvalue weighted by molar-refractivity contribution is 5.71. The van der Waals surface area contributed by atoms with Gasteiger partial charge in [-0.3, -0.25) is 0 Å². The number of hydrogen-bond donors (Lipinski definition) is 2. The molecule has 2 N–H and O–H groups in total. The number of phenols is 1. The highest BCUT2D eigenvalue weighted by Crippen LogP contribution is 2.39. The molecule has 1 aliphatic carbocycles. The first kappa shape index (κ1) is 18.2. The third kappa shape index (κ3) is 3.51. The van der Waals surface area contributed by atoms with Crippen LogP contribution in [0.3, 0.4) is 0 Å². The van der Waals surface area contributed by atoms with Crippen molar-refractivity contribution in [3.05, 3.63) is 41.1 Å². The number of halogens is 3. The van der Waals surface area contributed by atoms with E-state index in [1.54, 1.807) is 12.1 Å². The lowest BCUT2D eigenvalue weighted by molar-refractivity contribution is -0.137. The van der Waals surface area contributed by atoms with E-state index in [0.717, 1.165) is 31.2 Å². The molecule has 1 aromatic heterocycles. The molecule has 4 rings (SSSR count). The summed E-state index contributed by atoms with van der Waals surface area (Å²) in [6.07, 6.45) is -1.97. The molecule has 2 aliphatic rings. The van der Waals surface area contributed by atoms with Crippen molar-refractivity contribution in [1.29, 1.82) is 0 Å². The topological polar surface area (TPSA) is 67.3 Å². The summed E-state index contributed by atoms with van der Waals surface area (Å²) in [6, 6.07) is 5.47. The molecule has 2 heterocycles. The van der Waals surface area contributed by atoms with Crippen molar-refractivity contribution in [3.63, 3.8) is 0 Å². The van der Waals surface area contributed by atoms with E-state index in [1.807, 2.05) is 0 Å². The number of aromatic hydroxyl groups is 1. The van der Waals surface area contributed by atoms with E-state index in [9.17, 15) is 18.3 Å². The fourth-order valence-corrected chi connectivity index (χ4v) is 3.91. The molecule has 0 amide bonds. The van der Waals surface area contributed by atoms with Gasteiger partial charge in [-0.1, -0.05) is 0 Å². The molecule has 2 aromatic rings. The summed E-state index contributed by atoms with van der Waals surface area (Å²) in [5.74, 6) is 0.211. The highest BCUT2D eigenvalue weighted by Gasteiger charge is 2.44. The van der Waals surface area contributed by atoms with Crippen LogP contribution in [0.1, 0.15) is 29.7 Å². The molecule has 0 radical (unpaired) electrons. The number of hydrogen-bond acceptors (Lipinski definition) is 5. The zero-order valence-corrected chi connectivity index (χ0v) is 14.8. The van der Waals surface area contributed by atoms with Crippen LogP contribution in [0.25, 0.3) is 11.3 Å². The molecule has 2 fully saturated rings. The van der Waals surface area contributed by atoms with Gasteiger partial charge in [-0.15, -0.1) is 0 Å². The number of rotatable bonds is 4. The molecule has 8 heteroatoms. The van der Waals surface area contributed by atoms with Crippen LogP contribution in [0.4, 0.5) is 13.2 Å². The minimum Gasteiger partial charge on any atom is -0.507 e. The molecule has 1 saturated carbocycles. The maximum atomic E-state index is 12.8. The van der Waals surface area contributed by atoms with Crippen molar-refractivity contribution >= 4 is 0 Å². The van der Waals surface area contributed by atoms with E-state index >= 15 is 0 Å². The van der Waals surface area contributed by atoms with Crippen molar-refractivity contribution in [2.45, 2.75) is 44.6 Å². The van der Waals surface area contributed by atoms with Gasteiger partial charge in [0.05, 0.1) is 23.1 Å². The van der Waals surface area contributed by atoms with Crippen LogP contribution < -0.4 is 5.32 Å². The van der Waals surface area contributed by atoms with Crippen molar-refractivity contribution in [2.75, 3.05) is 6.61 Å². The Morgan fingerprint density at radius 2 is 2.07 bits per heavy atom. The molecule has 3 atom stereocenters. The largest absolute Gasteiger partial charge is 0.507 e. The smallest absolute Gasteiger partial charge is 0.416 e. The number of benzene rings is 1. The summed E-state index contributed by atoms with van der Waals surface area (Å²) in [7, 11) is 0. The first-order valence-electron chi connectivity index (χ1n) is 8.91. The monoisotopic (exact) mass is 379 g/mol. The third-order valence-electron chi connectivity index (χ3n) is 5.38. The Morgan fingerprint density at radius 3 is 2.70 bits per heavy atom. The number of aromatic nitrogens is 2. The van der Waals surface area contributed by atoms with Gasteiger partial charge in [0.1, 0.15) is 5.75 Å². The van der Waals surface area contributed by atoms with Gasteiger partial charge in [-0.05, 0) is 55.5 Å². The Balaban J connectivity index is 1.46. The van der Waals surface area contributed by atoms with Gasteiger partial charge in [-0.2, -0.15) is 23.4 Å². The Bertz CT molecular complexity index is 816. The molecule has 5 nitrogen and oxygen atoms in total. The molecule has 1 aliphatic heterocycles. The van der Waals surface area contributed by atoms with E-state index in [1.165, 1.54) is 6.92 Å². The van der Waals surface area contributed by atoms with Gasteiger partial charge in [0.2, 0.25) is 0 Å². The second-order valence-corrected chi connectivity index (χ2v) is 7.20. The number of aryl methyl sites for hydroxylation is 1. The normalized spacial score (nSPS) is 24.5. The molecular weight excluding hydrogens is 359 g/mol. The number of ether oxygens (including phenoxy) is 1. The van der Waals surface area contributed by atoms with Crippen molar-refractivity contribution < 1.29 is 23.0 Å². The zero-order valence-electron chi connectivity index (χ0n) is 14.8. The fraction of sp³-hybridized carbons (Fsp3) is 0.474. The second kappa shape index (κ2) is 6.76. The maximum Gasteiger partial charge on any atom is 0.416 e. The molecule has 3 unspecified atom stereocenters. The summed E-state index contributed by atoms with van der Waals surface area (Å²) in [6.45, 7) is 2.89. The van der Waals surface area contributed by atoms with Crippen molar-refractivity contribution in [1.82, 2.24) is 15.5 Å². The summed E-state index contributed by atoms with van der Waals surface area (Å²) < 4.78 is 44.2. The van der Waals surface area contributed by atoms with Crippen LogP contribution in [0.15, 0.2) is 24.3 Å². The minimum atomic E-state index is -4.51. The maximum absolute atomic E-state index is 12.8. The molecule has 1 aromatic carbocycles. The molecule has 1 saturated heterocycles. The summed E-state index contributed by atoms with van der Waals surface area (Å²) in [4.78, 5) is 0. The number of phenolic OH excluding ortho intramolecular Hbond substituents is 1. The number of alkyl halides is 3. The van der Waals surface area contributed by atoms with Crippen molar-refractivity contribution in [2.24, 2.45) is 5.92 Å². The van der Waals surface area contributed by atoms with Crippen molar-refractivity contribution in [3.8, 4) is 17.0 Å².